The topological polar surface area (TPSA) is 15.8 Å². The Morgan fingerprint density at radius 1 is 0.929 bits per heavy atom. The second-order valence-electron chi connectivity index (χ2n) is 9.58. The van der Waals surface area contributed by atoms with Crippen LogP contribution in [0.3, 0.4) is 0 Å². The first-order valence-electron chi connectivity index (χ1n) is 9.49. The van der Waals surface area contributed by atoms with Crippen LogP contribution < -0.4 is 28.8 Å². The zero-order valence-corrected chi connectivity index (χ0v) is 21.3. The second kappa shape index (κ2) is 8.96. The maximum Gasteiger partial charge on any atom is -1.00 e. The average molecular weight is 452 g/mol. The monoisotopic (exact) mass is 451 g/mol. The molecule has 1 heterocycles. The molecule has 2 aromatic rings. The van der Waals surface area contributed by atoms with Crippen molar-refractivity contribution in [3.05, 3.63) is 62.6 Å². The first-order valence-corrected chi connectivity index (χ1v) is 11.0. The van der Waals surface area contributed by atoms with Gasteiger partial charge in [0.1, 0.15) is 0 Å². The molecule has 0 fully saturated rings. The molecule has 0 saturated carbocycles. The van der Waals surface area contributed by atoms with Crippen LogP contribution in [0.1, 0.15) is 66.5 Å². The molecule has 0 aliphatic heterocycles. The maximum atomic E-state index is 3.83. The van der Waals surface area contributed by atoms with E-state index in [9.17, 15) is 0 Å². The van der Waals surface area contributed by atoms with E-state index in [-0.39, 0.29) is 35.6 Å². The van der Waals surface area contributed by atoms with Crippen LogP contribution in [0.2, 0.25) is 0 Å². The fourth-order valence-corrected chi connectivity index (χ4v) is 6.53. The number of benzene rings is 1. The quantitative estimate of drug-likeness (QED) is 0.630. The average Bonchev–Trinajstić information content (AvgIpc) is 3.08. The number of aromatic nitrogens is 1. The molecule has 0 bridgehead atoms. The molecular weight excluding hydrogens is 421 g/mol. The summed E-state index contributed by atoms with van der Waals surface area (Å²) in [6.07, 6.45) is 6.81. The third kappa shape index (κ3) is 4.87. The number of allylic oxidation sites excluding steroid dienone is 6. The van der Waals surface area contributed by atoms with E-state index in [1.165, 1.54) is 37.2 Å². The summed E-state index contributed by atoms with van der Waals surface area (Å²) >= 11 is -0.415. The van der Waals surface area contributed by atoms with Crippen molar-refractivity contribution < 1.29 is 44.0 Å². The molecule has 1 aliphatic rings. The van der Waals surface area contributed by atoms with Gasteiger partial charge in [0.25, 0.3) is 0 Å². The number of hydrogen-bond acceptors (Lipinski definition) is 0. The summed E-state index contributed by atoms with van der Waals surface area (Å²) in [4.78, 5) is 3.83. The minimum absolute atomic E-state index is 0. The van der Waals surface area contributed by atoms with Gasteiger partial charge in [-0.15, -0.1) is 0 Å². The van der Waals surface area contributed by atoms with Crippen LogP contribution in [0.15, 0.2) is 51.5 Å². The molecule has 0 saturated heterocycles. The van der Waals surface area contributed by atoms with E-state index in [0.717, 1.165) is 0 Å². The van der Waals surface area contributed by atoms with Crippen molar-refractivity contribution in [3.63, 3.8) is 0 Å². The standard InChI is InChI=1S/C16H22N.C8H9.2ClH.Ti/c1-15(2,3)11-8-7-9-13-14(11)12(10-17-13)16(4,5)6;1-7(2)8-5-3-4-6-8;;;/h7-9,17H,1-6H3;3-5H,1-2H3;2*1H;/q;;;;+2/p-2. The molecule has 0 spiro atoms. The van der Waals surface area contributed by atoms with Crippen molar-refractivity contribution in [2.45, 2.75) is 66.2 Å². The predicted molar refractivity (Wildman–Crippen MR) is 111 cm³/mol. The molecule has 150 valence electrons. The summed E-state index contributed by atoms with van der Waals surface area (Å²) in [5.74, 6) is 0. The Balaban J connectivity index is 0.00000196. The van der Waals surface area contributed by atoms with Gasteiger partial charge in [0.15, 0.2) is 0 Å². The zero-order valence-electron chi connectivity index (χ0n) is 18.2. The van der Waals surface area contributed by atoms with Crippen LogP contribution in [0.4, 0.5) is 0 Å². The summed E-state index contributed by atoms with van der Waals surface area (Å²) in [6, 6.07) is 6.76. The van der Waals surface area contributed by atoms with E-state index in [4.69, 9.17) is 0 Å². The number of halogens is 2. The Hall–Kier alpha value is -0.726. The summed E-state index contributed by atoms with van der Waals surface area (Å²) < 4.78 is 3.03. The number of fused-ring (bicyclic) bond motifs is 1. The SMILES string of the molecule is CC(C)=C1C=CC=[C]1[Ti+2][c]1[nH]c2cccc(C(C)(C)C)c2c1C(C)(C)C.[Cl-].[Cl-]. The Bertz CT molecular complexity index is 943. The van der Waals surface area contributed by atoms with Gasteiger partial charge in [-0.25, -0.2) is 0 Å². The van der Waals surface area contributed by atoms with Crippen LogP contribution in [0.5, 0.6) is 0 Å². The predicted octanol–water partition coefficient (Wildman–Crippen LogP) is 0.269. The van der Waals surface area contributed by atoms with Crippen molar-refractivity contribution in [2.75, 3.05) is 0 Å². The molecule has 28 heavy (non-hydrogen) atoms. The molecule has 1 aliphatic carbocycles. The molecule has 0 amide bonds. The Morgan fingerprint density at radius 2 is 1.57 bits per heavy atom. The Morgan fingerprint density at radius 3 is 2.11 bits per heavy atom. The van der Waals surface area contributed by atoms with E-state index in [1.54, 1.807) is 3.88 Å². The number of nitrogens with one attached hydrogen (secondary N) is 1. The van der Waals surface area contributed by atoms with Gasteiger partial charge in [0.05, 0.1) is 0 Å². The van der Waals surface area contributed by atoms with E-state index < -0.39 is 19.2 Å². The molecule has 1 nitrogen and oxygen atoms in total. The molecular formula is C24H31Cl2NTi. The van der Waals surface area contributed by atoms with Crippen molar-refractivity contribution >= 4 is 14.9 Å². The second-order valence-corrected chi connectivity index (χ2v) is 11.6. The van der Waals surface area contributed by atoms with Gasteiger partial charge in [0.2, 0.25) is 0 Å². The van der Waals surface area contributed by atoms with E-state index in [0.29, 0.717) is 0 Å². The van der Waals surface area contributed by atoms with E-state index in [2.05, 4.69) is 96.8 Å². The van der Waals surface area contributed by atoms with Crippen LogP contribution in [-0.2, 0) is 30.0 Å². The number of aromatic amines is 1. The number of hydrogen-bond donors (Lipinski definition) is 1. The number of rotatable bonds is 2. The largest absolute Gasteiger partial charge is 1.00 e. The van der Waals surface area contributed by atoms with Gasteiger partial charge < -0.3 is 24.8 Å². The molecule has 3 rings (SSSR count). The number of H-pyrrole nitrogens is 1. The third-order valence-corrected chi connectivity index (χ3v) is 7.07. The zero-order chi connectivity index (χ0) is 19.3. The fourth-order valence-electron chi connectivity index (χ4n) is 3.82. The minimum atomic E-state index is -0.415. The van der Waals surface area contributed by atoms with Gasteiger partial charge in [-0.2, -0.15) is 0 Å². The third-order valence-electron chi connectivity index (χ3n) is 5.00. The van der Waals surface area contributed by atoms with Gasteiger partial charge in [-0.05, 0) is 0 Å². The first kappa shape index (κ1) is 25.3. The van der Waals surface area contributed by atoms with E-state index >= 15 is 0 Å². The molecule has 0 radical (unpaired) electrons. The smallest absolute Gasteiger partial charge is 1.00 e. The van der Waals surface area contributed by atoms with Crippen LogP contribution in [0, 0.1) is 0 Å². The summed E-state index contributed by atoms with van der Waals surface area (Å²) in [5.41, 5.74) is 7.39. The molecule has 1 aromatic carbocycles. The minimum Gasteiger partial charge on any atom is -1.00 e. The van der Waals surface area contributed by atoms with E-state index in [1.807, 2.05) is 0 Å². The van der Waals surface area contributed by atoms with Gasteiger partial charge in [0, 0.05) is 0 Å². The van der Waals surface area contributed by atoms with Crippen molar-refractivity contribution in [1.29, 1.82) is 0 Å². The van der Waals surface area contributed by atoms with Gasteiger partial charge in [-0.3, -0.25) is 0 Å². The molecule has 4 heteroatoms. The van der Waals surface area contributed by atoms with Crippen LogP contribution in [-0.4, -0.2) is 4.98 Å². The van der Waals surface area contributed by atoms with Gasteiger partial charge in [-0.1, -0.05) is 0 Å². The molecule has 1 aromatic heterocycles. The molecule has 1 N–H and O–H groups in total. The Kier molecular flexibility index (Phi) is 8.10. The normalized spacial score (nSPS) is 13.7. The maximum absolute atomic E-state index is 3.83. The molecule has 0 unspecified atom stereocenters. The fraction of sp³-hybridized carbons (Fsp3) is 0.417. The summed E-state index contributed by atoms with van der Waals surface area (Å²) in [7, 11) is 0. The Labute approximate surface area is 191 Å². The molecule has 0 atom stereocenters. The van der Waals surface area contributed by atoms with Crippen molar-refractivity contribution in [3.8, 4) is 0 Å². The van der Waals surface area contributed by atoms with Crippen molar-refractivity contribution in [1.82, 2.24) is 4.98 Å². The van der Waals surface area contributed by atoms with Crippen molar-refractivity contribution in [2.24, 2.45) is 0 Å². The van der Waals surface area contributed by atoms with Gasteiger partial charge >= 0.3 is 168 Å². The summed E-state index contributed by atoms with van der Waals surface area (Å²) in [5, 5.41) is 1.46. The van der Waals surface area contributed by atoms with Crippen LogP contribution >= 0.6 is 0 Å². The summed E-state index contributed by atoms with van der Waals surface area (Å²) in [6.45, 7) is 18.5. The van der Waals surface area contributed by atoms with Crippen LogP contribution in [0.25, 0.3) is 10.9 Å². The first-order chi connectivity index (χ1) is 12.0.